The number of sulfonamides is 1. The molecule has 2 N–H and O–H groups in total. The second-order valence-corrected chi connectivity index (χ2v) is 7.70. The van der Waals surface area contributed by atoms with E-state index in [-0.39, 0.29) is 30.2 Å². The fourth-order valence-corrected chi connectivity index (χ4v) is 3.47. The molecule has 0 aliphatic heterocycles. The smallest absolute Gasteiger partial charge is 0.241 e. The first kappa shape index (κ1) is 17.9. The summed E-state index contributed by atoms with van der Waals surface area (Å²) in [5.41, 5.74) is 0.384. The molecule has 0 amide bonds. The Morgan fingerprint density at radius 2 is 2.05 bits per heavy atom. The molecule has 1 aromatic carbocycles. The van der Waals surface area contributed by atoms with Crippen molar-refractivity contribution in [1.29, 1.82) is 0 Å². The molecule has 0 aliphatic rings. The van der Waals surface area contributed by atoms with Gasteiger partial charge in [-0.3, -0.25) is 4.21 Å². The summed E-state index contributed by atoms with van der Waals surface area (Å²) in [5, 5.41) is 8.70. The molecule has 0 radical (unpaired) electrons. The van der Waals surface area contributed by atoms with Crippen LogP contribution in [-0.4, -0.2) is 42.4 Å². The highest BCUT2D eigenvalue weighted by atomic mass is 32.2. The predicted molar refractivity (Wildman–Crippen MR) is 83.8 cm³/mol. The number of nitrogens with one attached hydrogen (secondary N) is 1. The van der Waals surface area contributed by atoms with Gasteiger partial charge in [-0.2, -0.15) is 0 Å². The highest BCUT2D eigenvalue weighted by Crippen LogP contribution is 2.14. The van der Waals surface area contributed by atoms with E-state index in [9.17, 15) is 12.6 Å². The van der Waals surface area contributed by atoms with Crippen LogP contribution in [0.2, 0.25) is 0 Å². The molecule has 1 aromatic rings. The lowest BCUT2D eigenvalue weighted by atomic mass is 10.2. The molecular weight excluding hydrogens is 310 g/mol. The van der Waals surface area contributed by atoms with Gasteiger partial charge in [-0.1, -0.05) is 30.9 Å². The summed E-state index contributed by atoms with van der Waals surface area (Å²) in [6, 6.07) is 6.41. The third-order valence-corrected chi connectivity index (χ3v) is 5.40. The van der Waals surface area contributed by atoms with E-state index in [1.807, 2.05) is 0 Å². The van der Waals surface area contributed by atoms with E-state index >= 15 is 0 Å². The fourth-order valence-electron chi connectivity index (χ4n) is 1.53. The van der Waals surface area contributed by atoms with Crippen LogP contribution in [-0.2, 0) is 20.8 Å². The molecule has 0 saturated heterocycles. The molecule has 0 aromatic heterocycles. The molecule has 5 nitrogen and oxygen atoms in total. The highest BCUT2D eigenvalue weighted by Gasteiger charge is 2.16. The minimum atomic E-state index is -3.68. The fraction of sp³-hybridized carbons (Fsp3) is 0.429. The number of aliphatic hydroxyl groups excluding tert-OH is 1. The van der Waals surface area contributed by atoms with Crippen LogP contribution in [0, 0.1) is 11.8 Å². The minimum absolute atomic E-state index is 0.0665. The van der Waals surface area contributed by atoms with Crippen molar-refractivity contribution >= 4 is 20.8 Å². The van der Waals surface area contributed by atoms with Crippen LogP contribution in [0.5, 0.6) is 0 Å². The Hall–Kier alpha value is -1.20. The van der Waals surface area contributed by atoms with Crippen LogP contribution in [0.15, 0.2) is 29.2 Å². The maximum absolute atomic E-state index is 12.2. The SMILES string of the molecule is CCS(=O)CCNS(=O)(=O)c1ccccc1C#CCCO. The summed E-state index contributed by atoms with van der Waals surface area (Å²) in [7, 11) is -4.69. The number of benzene rings is 1. The summed E-state index contributed by atoms with van der Waals surface area (Å²) >= 11 is 0. The van der Waals surface area contributed by atoms with Gasteiger partial charge in [0.25, 0.3) is 0 Å². The zero-order valence-corrected chi connectivity index (χ0v) is 13.5. The molecular formula is C14H19NO4S2. The molecule has 0 saturated carbocycles. The lowest BCUT2D eigenvalue weighted by Gasteiger charge is -2.08. The Labute approximate surface area is 128 Å². The van der Waals surface area contributed by atoms with E-state index in [2.05, 4.69) is 16.6 Å². The Morgan fingerprint density at radius 1 is 1.33 bits per heavy atom. The van der Waals surface area contributed by atoms with Crippen molar-refractivity contribution in [3.8, 4) is 11.8 Å². The third-order valence-electron chi connectivity index (χ3n) is 2.58. The summed E-state index contributed by atoms with van der Waals surface area (Å²) in [6.07, 6.45) is 0.289. The van der Waals surface area contributed by atoms with Crippen molar-refractivity contribution in [2.45, 2.75) is 18.2 Å². The number of hydrogen-bond acceptors (Lipinski definition) is 4. The summed E-state index contributed by atoms with van der Waals surface area (Å²) in [4.78, 5) is 0.0951. The highest BCUT2D eigenvalue weighted by molar-refractivity contribution is 7.89. The van der Waals surface area contributed by atoms with Gasteiger partial charge in [0.15, 0.2) is 0 Å². The zero-order chi connectivity index (χ0) is 15.7. The van der Waals surface area contributed by atoms with E-state index in [0.717, 1.165) is 0 Å². The normalized spacial score (nSPS) is 12.5. The first-order chi connectivity index (χ1) is 10.0. The molecule has 0 bridgehead atoms. The maximum atomic E-state index is 12.2. The van der Waals surface area contributed by atoms with E-state index < -0.39 is 20.8 Å². The number of hydrogen-bond donors (Lipinski definition) is 2. The largest absolute Gasteiger partial charge is 0.395 e. The molecule has 7 heteroatoms. The van der Waals surface area contributed by atoms with E-state index in [1.165, 1.54) is 6.07 Å². The first-order valence-electron chi connectivity index (χ1n) is 6.54. The van der Waals surface area contributed by atoms with Crippen LogP contribution < -0.4 is 4.72 Å². The quantitative estimate of drug-likeness (QED) is 0.712. The standard InChI is InChI=1S/C14H19NO4S2/c1-2-20(17)12-10-15-21(18,19)14-9-4-3-7-13(14)8-5-6-11-16/h3-4,7,9,15-16H,2,6,10-12H2,1H3. The van der Waals surface area contributed by atoms with Gasteiger partial charge in [0.05, 0.1) is 11.5 Å². The lowest BCUT2D eigenvalue weighted by Crippen LogP contribution is -2.28. The van der Waals surface area contributed by atoms with Gasteiger partial charge in [-0.05, 0) is 12.1 Å². The van der Waals surface area contributed by atoms with Crippen molar-refractivity contribution in [2.24, 2.45) is 0 Å². The minimum Gasteiger partial charge on any atom is -0.395 e. The van der Waals surface area contributed by atoms with Crippen molar-refractivity contribution in [2.75, 3.05) is 24.7 Å². The van der Waals surface area contributed by atoms with Gasteiger partial charge in [-0.25, -0.2) is 13.1 Å². The molecule has 21 heavy (non-hydrogen) atoms. The van der Waals surface area contributed by atoms with E-state index in [0.29, 0.717) is 11.3 Å². The topological polar surface area (TPSA) is 83.5 Å². The summed E-state index contributed by atoms with van der Waals surface area (Å²) in [6.45, 7) is 1.85. The maximum Gasteiger partial charge on any atom is 0.241 e. The predicted octanol–water partition coefficient (Wildman–Crippen LogP) is 0.467. The van der Waals surface area contributed by atoms with Gasteiger partial charge in [0.1, 0.15) is 0 Å². The van der Waals surface area contributed by atoms with Crippen LogP contribution in [0.4, 0.5) is 0 Å². The summed E-state index contributed by atoms with van der Waals surface area (Å²) in [5.74, 6) is 6.24. The molecule has 1 rings (SSSR count). The molecule has 0 heterocycles. The van der Waals surface area contributed by atoms with Crippen LogP contribution in [0.3, 0.4) is 0 Å². The van der Waals surface area contributed by atoms with E-state index in [1.54, 1.807) is 25.1 Å². The van der Waals surface area contributed by atoms with Crippen molar-refractivity contribution in [3.05, 3.63) is 29.8 Å². The third kappa shape index (κ3) is 5.98. The molecule has 0 fully saturated rings. The Balaban J connectivity index is 2.88. The van der Waals surface area contributed by atoms with Crippen molar-refractivity contribution in [3.63, 3.8) is 0 Å². The second kappa shape index (κ2) is 8.95. The number of rotatable bonds is 7. The first-order valence-corrected chi connectivity index (χ1v) is 9.51. The van der Waals surface area contributed by atoms with Crippen LogP contribution in [0.25, 0.3) is 0 Å². The van der Waals surface area contributed by atoms with Crippen LogP contribution >= 0.6 is 0 Å². The second-order valence-electron chi connectivity index (χ2n) is 4.10. The van der Waals surface area contributed by atoms with Gasteiger partial charge >= 0.3 is 0 Å². The molecule has 0 aliphatic carbocycles. The van der Waals surface area contributed by atoms with Crippen molar-refractivity contribution < 1.29 is 17.7 Å². The molecule has 1 unspecified atom stereocenters. The molecule has 0 spiro atoms. The zero-order valence-electron chi connectivity index (χ0n) is 11.8. The monoisotopic (exact) mass is 329 g/mol. The molecule has 116 valence electrons. The average Bonchev–Trinajstić information content (AvgIpc) is 2.47. The Kier molecular flexibility index (Phi) is 7.61. The summed E-state index contributed by atoms with van der Waals surface area (Å²) < 4.78 is 38.2. The Morgan fingerprint density at radius 3 is 2.71 bits per heavy atom. The average molecular weight is 329 g/mol. The van der Waals surface area contributed by atoms with Gasteiger partial charge in [0.2, 0.25) is 10.0 Å². The van der Waals surface area contributed by atoms with Gasteiger partial charge < -0.3 is 5.11 Å². The van der Waals surface area contributed by atoms with Crippen molar-refractivity contribution in [1.82, 2.24) is 4.72 Å². The van der Waals surface area contributed by atoms with Gasteiger partial charge in [0, 0.05) is 40.8 Å². The van der Waals surface area contributed by atoms with Crippen LogP contribution in [0.1, 0.15) is 18.9 Å². The Bertz CT molecular complexity index is 644. The number of aliphatic hydroxyl groups is 1. The lowest BCUT2D eigenvalue weighted by molar-refractivity contribution is 0.305. The van der Waals surface area contributed by atoms with E-state index in [4.69, 9.17) is 5.11 Å². The van der Waals surface area contributed by atoms with Gasteiger partial charge in [-0.15, -0.1) is 0 Å². The molecule has 1 atom stereocenters.